The van der Waals surface area contributed by atoms with Gasteiger partial charge in [0.05, 0.1) is 11.0 Å². The van der Waals surface area contributed by atoms with Crippen LogP contribution in [0.3, 0.4) is 0 Å². The summed E-state index contributed by atoms with van der Waals surface area (Å²) in [5.41, 5.74) is 6.36. The average molecular weight is 301 g/mol. The van der Waals surface area contributed by atoms with Crippen LogP contribution in [-0.2, 0) is 28.4 Å². The normalized spacial score (nSPS) is 23.4. The number of hydrogen-bond acceptors (Lipinski definition) is 4. The van der Waals surface area contributed by atoms with Crippen LogP contribution >= 0.6 is 0 Å². The number of aryl methyl sites for hydroxylation is 1. The monoisotopic (exact) mass is 301 g/mol. The molecule has 3 N–H and O–H groups in total. The predicted molar refractivity (Wildman–Crippen MR) is 76.6 cm³/mol. The summed E-state index contributed by atoms with van der Waals surface area (Å²) in [5.74, 6) is 0.257. The second-order valence-corrected chi connectivity index (χ2v) is 6.97. The molecule has 114 valence electrons. The number of nitrogens with one attached hydrogen (secondary N) is 1. The molecule has 1 fully saturated rings. The first-order chi connectivity index (χ1) is 9.47. The minimum Gasteiger partial charge on any atom is -0.378 e. The van der Waals surface area contributed by atoms with Gasteiger partial charge < -0.3 is 15.0 Å². The quantitative estimate of drug-likeness (QED) is 0.804. The van der Waals surface area contributed by atoms with Crippen molar-refractivity contribution in [1.29, 1.82) is 0 Å². The lowest BCUT2D eigenvalue weighted by molar-refractivity contribution is 0.0884. The molecular formula is C13H23N3O3S. The molecule has 1 aromatic rings. The molecule has 7 heteroatoms. The van der Waals surface area contributed by atoms with E-state index < -0.39 is 10.0 Å². The van der Waals surface area contributed by atoms with E-state index in [1.54, 1.807) is 23.9 Å². The Kier molecular flexibility index (Phi) is 4.85. The fraction of sp³-hybridized carbons (Fsp3) is 0.692. The SMILES string of the molecule is CCC1OCCC1CNS(=O)(=O)c1cc(CN)n(C)c1. The molecule has 2 heterocycles. The van der Waals surface area contributed by atoms with E-state index in [1.165, 1.54) is 0 Å². The molecule has 6 nitrogen and oxygen atoms in total. The zero-order chi connectivity index (χ0) is 14.8. The van der Waals surface area contributed by atoms with E-state index in [4.69, 9.17) is 10.5 Å². The number of ether oxygens (including phenoxy) is 1. The molecule has 0 bridgehead atoms. The van der Waals surface area contributed by atoms with Gasteiger partial charge in [-0.15, -0.1) is 0 Å². The van der Waals surface area contributed by atoms with Gasteiger partial charge in [-0.3, -0.25) is 0 Å². The van der Waals surface area contributed by atoms with E-state index in [1.807, 2.05) is 0 Å². The van der Waals surface area contributed by atoms with Gasteiger partial charge in [-0.25, -0.2) is 13.1 Å². The fourth-order valence-electron chi connectivity index (χ4n) is 2.60. The first-order valence-electron chi connectivity index (χ1n) is 6.94. The van der Waals surface area contributed by atoms with Gasteiger partial charge in [0.15, 0.2) is 0 Å². The number of rotatable bonds is 6. The summed E-state index contributed by atoms with van der Waals surface area (Å²) in [6.07, 6.45) is 3.57. The van der Waals surface area contributed by atoms with Gasteiger partial charge in [-0.1, -0.05) is 6.92 Å². The van der Waals surface area contributed by atoms with Crippen LogP contribution in [0.15, 0.2) is 17.2 Å². The summed E-state index contributed by atoms with van der Waals surface area (Å²) >= 11 is 0. The maximum atomic E-state index is 12.3. The van der Waals surface area contributed by atoms with Crippen molar-refractivity contribution in [2.45, 2.75) is 37.3 Å². The highest BCUT2D eigenvalue weighted by atomic mass is 32.2. The molecular weight excluding hydrogens is 278 g/mol. The molecule has 0 radical (unpaired) electrons. The fourth-order valence-corrected chi connectivity index (χ4v) is 3.79. The van der Waals surface area contributed by atoms with Crippen molar-refractivity contribution in [2.75, 3.05) is 13.2 Å². The standard InChI is InChI=1S/C13H23N3O3S/c1-3-13-10(4-5-19-13)8-15-20(17,18)12-6-11(7-14)16(2)9-12/h6,9-10,13,15H,3-5,7-8,14H2,1-2H3. The molecule has 2 rings (SSSR count). The summed E-state index contributed by atoms with van der Waals surface area (Å²) in [4.78, 5) is 0.271. The molecule has 2 unspecified atom stereocenters. The Hall–Kier alpha value is -0.890. The third-order valence-electron chi connectivity index (χ3n) is 3.89. The Labute approximate surface area is 120 Å². The number of nitrogens with zero attached hydrogens (tertiary/aromatic N) is 1. The molecule has 2 atom stereocenters. The number of nitrogens with two attached hydrogens (primary N) is 1. The molecule has 1 aromatic heterocycles. The van der Waals surface area contributed by atoms with Crippen LogP contribution < -0.4 is 10.5 Å². The Bertz CT molecular complexity index is 553. The van der Waals surface area contributed by atoms with E-state index in [-0.39, 0.29) is 16.9 Å². The molecule has 0 spiro atoms. The minimum atomic E-state index is -3.47. The van der Waals surface area contributed by atoms with E-state index in [0.29, 0.717) is 19.7 Å². The van der Waals surface area contributed by atoms with Crippen LogP contribution in [0.1, 0.15) is 25.5 Å². The molecule has 0 amide bonds. The molecule has 0 saturated carbocycles. The third kappa shape index (κ3) is 3.22. The van der Waals surface area contributed by atoms with Gasteiger partial charge in [-0.05, 0) is 18.9 Å². The third-order valence-corrected chi connectivity index (χ3v) is 5.28. The summed E-state index contributed by atoms with van der Waals surface area (Å²) in [5, 5.41) is 0. The largest absolute Gasteiger partial charge is 0.378 e. The molecule has 1 aliphatic heterocycles. The van der Waals surface area contributed by atoms with Gasteiger partial charge >= 0.3 is 0 Å². The Morgan fingerprint density at radius 2 is 2.30 bits per heavy atom. The molecule has 1 saturated heterocycles. The number of aromatic nitrogens is 1. The van der Waals surface area contributed by atoms with Gasteiger partial charge in [0, 0.05) is 44.6 Å². The Morgan fingerprint density at radius 1 is 1.55 bits per heavy atom. The van der Waals surface area contributed by atoms with Crippen LogP contribution in [0.4, 0.5) is 0 Å². The zero-order valence-electron chi connectivity index (χ0n) is 12.0. The summed E-state index contributed by atoms with van der Waals surface area (Å²) in [6.45, 7) is 3.52. The van der Waals surface area contributed by atoms with Crippen molar-refractivity contribution < 1.29 is 13.2 Å². The van der Waals surface area contributed by atoms with E-state index in [9.17, 15) is 8.42 Å². The van der Waals surface area contributed by atoms with Crippen LogP contribution in [0.25, 0.3) is 0 Å². The van der Waals surface area contributed by atoms with Gasteiger partial charge in [-0.2, -0.15) is 0 Å². The van der Waals surface area contributed by atoms with Crippen LogP contribution in [0.2, 0.25) is 0 Å². The van der Waals surface area contributed by atoms with E-state index >= 15 is 0 Å². The lowest BCUT2D eigenvalue weighted by Crippen LogP contribution is -2.32. The highest BCUT2D eigenvalue weighted by Crippen LogP contribution is 2.23. The van der Waals surface area contributed by atoms with E-state index in [0.717, 1.165) is 18.5 Å². The topological polar surface area (TPSA) is 86.3 Å². The number of sulfonamides is 1. The smallest absolute Gasteiger partial charge is 0.242 e. The Balaban J connectivity index is 2.03. The van der Waals surface area contributed by atoms with Crippen molar-refractivity contribution >= 4 is 10.0 Å². The van der Waals surface area contributed by atoms with Crippen molar-refractivity contribution in [3.05, 3.63) is 18.0 Å². The van der Waals surface area contributed by atoms with Crippen LogP contribution in [0.5, 0.6) is 0 Å². The van der Waals surface area contributed by atoms with Crippen molar-refractivity contribution in [3.8, 4) is 0 Å². The lowest BCUT2D eigenvalue weighted by atomic mass is 10.0. The second kappa shape index (κ2) is 6.26. The van der Waals surface area contributed by atoms with Crippen LogP contribution in [0, 0.1) is 5.92 Å². The molecule has 1 aliphatic rings. The number of hydrogen-bond donors (Lipinski definition) is 2. The molecule has 0 aliphatic carbocycles. The summed E-state index contributed by atoms with van der Waals surface area (Å²) < 4.78 is 34.5. The second-order valence-electron chi connectivity index (χ2n) is 5.20. The minimum absolute atomic E-state index is 0.160. The van der Waals surface area contributed by atoms with Gasteiger partial charge in [0.25, 0.3) is 0 Å². The van der Waals surface area contributed by atoms with Gasteiger partial charge in [0.1, 0.15) is 0 Å². The Morgan fingerprint density at radius 3 is 2.90 bits per heavy atom. The maximum Gasteiger partial charge on any atom is 0.242 e. The zero-order valence-corrected chi connectivity index (χ0v) is 12.8. The van der Waals surface area contributed by atoms with Crippen molar-refractivity contribution in [3.63, 3.8) is 0 Å². The average Bonchev–Trinajstić information content (AvgIpc) is 3.02. The molecule has 20 heavy (non-hydrogen) atoms. The van der Waals surface area contributed by atoms with Crippen molar-refractivity contribution in [1.82, 2.24) is 9.29 Å². The predicted octanol–water partition coefficient (Wildman–Crippen LogP) is 0.577. The highest BCUT2D eigenvalue weighted by Gasteiger charge is 2.28. The highest BCUT2D eigenvalue weighted by molar-refractivity contribution is 7.89. The van der Waals surface area contributed by atoms with E-state index in [2.05, 4.69) is 11.6 Å². The summed E-state index contributed by atoms with van der Waals surface area (Å²) in [7, 11) is -1.68. The van der Waals surface area contributed by atoms with Crippen molar-refractivity contribution in [2.24, 2.45) is 18.7 Å². The maximum absolute atomic E-state index is 12.3. The lowest BCUT2D eigenvalue weighted by Gasteiger charge is -2.16. The summed E-state index contributed by atoms with van der Waals surface area (Å²) in [6, 6.07) is 1.62. The van der Waals surface area contributed by atoms with Gasteiger partial charge in [0.2, 0.25) is 10.0 Å². The van der Waals surface area contributed by atoms with Crippen LogP contribution in [-0.4, -0.2) is 32.2 Å². The first-order valence-corrected chi connectivity index (χ1v) is 8.42. The first kappa shape index (κ1) is 15.5. The molecule has 0 aromatic carbocycles.